The maximum absolute atomic E-state index is 12.9. The molecule has 2 aliphatic rings. The SMILES string of the molecule is CC1CCC(NC(=O)c2ccc(Cl)c(S(=O)(=O)N3CCCCC3)c2)CC1. The van der Waals surface area contributed by atoms with E-state index in [9.17, 15) is 13.2 Å². The van der Waals surface area contributed by atoms with Crippen LogP contribution in [0.1, 0.15) is 62.2 Å². The summed E-state index contributed by atoms with van der Waals surface area (Å²) >= 11 is 6.18. The number of rotatable bonds is 4. The number of nitrogens with zero attached hydrogens (tertiary/aromatic N) is 1. The summed E-state index contributed by atoms with van der Waals surface area (Å²) in [4.78, 5) is 12.6. The van der Waals surface area contributed by atoms with Crippen molar-refractivity contribution in [1.29, 1.82) is 0 Å². The zero-order chi connectivity index (χ0) is 18.7. The number of halogens is 1. The molecule has 7 heteroatoms. The third-order valence-electron chi connectivity index (χ3n) is 5.48. The average molecular weight is 399 g/mol. The predicted molar refractivity (Wildman–Crippen MR) is 103 cm³/mol. The Hall–Kier alpha value is -1.11. The van der Waals surface area contributed by atoms with Crippen LogP contribution in [0.15, 0.2) is 23.1 Å². The van der Waals surface area contributed by atoms with Crippen LogP contribution in [-0.4, -0.2) is 37.8 Å². The summed E-state index contributed by atoms with van der Waals surface area (Å²) in [5, 5.41) is 3.21. The van der Waals surface area contributed by atoms with Crippen LogP contribution in [0.5, 0.6) is 0 Å². The van der Waals surface area contributed by atoms with Crippen LogP contribution in [0.3, 0.4) is 0 Å². The maximum atomic E-state index is 12.9. The van der Waals surface area contributed by atoms with Crippen molar-refractivity contribution in [2.45, 2.75) is 62.8 Å². The summed E-state index contributed by atoms with van der Waals surface area (Å²) in [6, 6.07) is 4.69. The van der Waals surface area contributed by atoms with Gasteiger partial charge in [-0.05, 0) is 62.6 Å². The van der Waals surface area contributed by atoms with E-state index in [0.29, 0.717) is 24.6 Å². The first-order valence-corrected chi connectivity index (χ1v) is 11.3. The zero-order valence-corrected chi connectivity index (χ0v) is 16.8. The van der Waals surface area contributed by atoms with E-state index in [0.717, 1.165) is 44.9 Å². The third kappa shape index (κ3) is 4.41. The van der Waals surface area contributed by atoms with Gasteiger partial charge in [0, 0.05) is 24.7 Å². The maximum Gasteiger partial charge on any atom is 0.251 e. The largest absolute Gasteiger partial charge is 0.349 e. The highest BCUT2D eigenvalue weighted by Gasteiger charge is 2.29. The molecule has 26 heavy (non-hydrogen) atoms. The summed E-state index contributed by atoms with van der Waals surface area (Å²) in [5.74, 6) is 0.483. The van der Waals surface area contributed by atoms with E-state index in [1.54, 1.807) is 6.07 Å². The average Bonchev–Trinajstić information content (AvgIpc) is 2.64. The molecule has 0 radical (unpaired) electrons. The summed E-state index contributed by atoms with van der Waals surface area (Å²) in [6.45, 7) is 3.25. The van der Waals surface area contributed by atoms with Gasteiger partial charge in [0.1, 0.15) is 4.90 Å². The second-order valence-electron chi connectivity index (χ2n) is 7.54. The fourth-order valence-corrected chi connectivity index (χ4v) is 5.78. The molecule has 0 spiro atoms. The highest BCUT2D eigenvalue weighted by molar-refractivity contribution is 7.89. The lowest BCUT2D eigenvalue weighted by Crippen LogP contribution is -2.38. The standard InChI is InChI=1S/C19H27ClN2O3S/c1-14-5-8-16(9-6-14)21-19(23)15-7-10-17(20)18(13-15)26(24,25)22-11-3-2-4-12-22/h7,10,13-14,16H,2-6,8-9,11-12H2,1H3,(H,21,23). The van der Waals surface area contributed by atoms with Gasteiger partial charge in [0.25, 0.3) is 5.91 Å². The zero-order valence-electron chi connectivity index (χ0n) is 15.2. The van der Waals surface area contributed by atoms with Gasteiger partial charge in [0.2, 0.25) is 10.0 Å². The molecule has 3 rings (SSSR count). The van der Waals surface area contributed by atoms with E-state index < -0.39 is 10.0 Å². The monoisotopic (exact) mass is 398 g/mol. The van der Waals surface area contributed by atoms with Gasteiger partial charge in [-0.25, -0.2) is 8.42 Å². The summed E-state index contributed by atoms with van der Waals surface area (Å²) in [6.07, 6.45) is 6.93. The molecule has 5 nitrogen and oxygen atoms in total. The minimum Gasteiger partial charge on any atom is -0.349 e. The molecule has 1 aliphatic carbocycles. The number of carbonyl (C=O) groups excluding carboxylic acids is 1. The second kappa shape index (κ2) is 8.28. The van der Waals surface area contributed by atoms with Crippen LogP contribution in [0.2, 0.25) is 5.02 Å². The minimum absolute atomic E-state index is 0.0333. The first kappa shape index (κ1) is 19.6. The Balaban J connectivity index is 1.77. The summed E-state index contributed by atoms with van der Waals surface area (Å²) < 4.78 is 27.3. The van der Waals surface area contributed by atoms with Crippen molar-refractivity contribution in [3.05, 3.63) is 28.8 Å². The Morgan fingerprint density at radius 3 is 2.42 bits per heavy atom. The van der Waals surface area contributed by atoms with Crippen molar-refractivity contribution in [1.82, 2.24) is 9.62 Å². The van der Waals surface area contributed by atoms with E-state index in [2.05, 4.69) is 12.2 Å². The number of sulfonamides is 1. The van der Waals surface area contributed by atoms with Gasteiger partial charge >= 0.3 is 0 Å². The number of carbonyl (C=O) groups is 1. The first-order valence-electron chi connectivity index (χ1n) is 9.48. The smallest absolute Gasteiger partial charge is 0.251 e. The van der Waals surface area contributed by atoms with Crippen molar-refractivity contribution >= 4 is 27.5 Å². The van der Waals surface area contributed by atoms with Crippen LogP contribution >= 0.6 is 11.6 Å². The second-order valence-corrected chi connectivity index (χ2v) is 9.85. The van der Waals surface area contributed by atoms with Crippen LogP contribution < -0.4 is 5.32 Å². The summed E-state index contributed by atoms with van der Waals surface area (Å²) in [7, 11) is -3.67. The van der Waals surface area contributed by atoms with Gasteiger partial charge in [-0.1, -0.05) is 24.9 Å². The lowest BCUT2D eigenvalue weighted by atomic mass is 9.87. The van der Waals surface area contributed by atoms with Gasteiger partial charge in [-0.15, -0.1) is 0 Å². The van der Waals surface area contributed by atoms with E-state index >= 15 is 0 Å². The van der Waals surface area contributed by atoms with E-state index in [1.807, 2.05) is 0 Å². The van der Waals surface area contributed by atoms with Crippen molar-refractivity contribution < 1.29 is 13.2 Å². The molecule has 1 aromatic carbocycles. The molecule has 1 aromatic rings. The van der Waals surface area contributed by atoms with E-state index in [-0.39, 0.29) is 21.9 Å². The fourth-order valence-electron chi connectivity index (χ4n) is 3.76. The molecule has 1 N–H and O–H groups in total. The number of amides is 1. The molecule has 1 saturated carbocycles. The number of nitrogens with one attached hydrogen (secondary N) is 1. The Labute approximate surface area is 161 Å². The van der Waals surface area contributed by atoms with Gasteiger partial charge < -0.3 is 5.32 Å². The lowest BCUT2D eigenvalue weighted by Gasteiger charge is -2.27. The predicted octanol–water partition coefficient (Wildman–Crippen LogP) is 3.82. The molecule has 2 fully saturated rings. The van der Waals surface area contributed by atoms with Gasteiger partial charge in [-0.3, -0.25) is 4.79 Å². The van der Waals surface area contributed by atoms with Crippen molar-refractivity contribution in [3.8, 4) is 0 Å². The number of hydrogen-bond donors (Lipinski definition) is 1. The molecule has 0 aromatic heterocycles. The number of hydrogen-bond acceptors (Lipinski definition) is 3. The highest BCUT2D eigenvalue weighted by atomic mass is 35.5. The first-order chi connectivity index (χ1) is 12.4. The van der Waals surface area contributed by atoms with Gasteiger partial charge in [0.15, 0.2) is 0 Å². The van der Waals surface area contributed by atoms with Crippen LogP contribution in [0.4, 0.5) is 0 Å². The van der Waals surface area contributed by atoms with Crippen LogP contribution in [-0.2, 0) is 10.0 Å². The molecular weight excluding hydrogens is 372 g/mol. The Bertz CT molecular complexity index is 752. The molecular formula is C19H27ClN2O3S. The van der Waals surface area contributed by atoms with Gasteiger partial charge in [-0.2, -0.15) is 4.31 Å². The Kier molecular flexibility index (Phi) is 6.25. The highest BCUT2D eigenvalue weighted by Crippen LogP contribution is 2.28. The lowest BCUT2D eigenvalue weighted by molar-refractivity contribution is 0.0923. The fraction of sp³-hybridized carbons (Fsp3) is 0.632. The van der Waals surface area contributed by atoms with Crippen molar-refractivity contribution in [2.24, 2.45) is 5.92 Å². The summed E-state index contributed by atoms with van der Waals surface area (Å²) in [5.41, 5.74) is 0.351. The quantitative estimate of drug-likeness (QED) is 0.838. The van der Waals surface area contributed by atoms with Gasteiger partial charge in [0.05, 0.1) is 5.02 Å². The van der Waals surface area contributed by atoms with E-state index in [4.69, 9.17) is 11.6 Å². The third-order valence-corrected chi connectivity index (χ3v) is 7.86. The molecule has 1 heterocycles. The molecule has 144 valence electrons. The molecule has 1 aliphatic heterocycles. The number of piperidine rings is 1. The molecule has 0 unspecified atom stereocenters. The molecule has 1 amide bonds. The number of benzene rings is 1. The normalized spacial score (nSPS) is 25.0. The minimum atomic E-state index is -3.67. The topological polar surface area (TPSA) is 66.5 Å². The molecule has 0 atom stereocenters. The van der Waals surface area contributed by atoms with E-state index in [1.165, 1.54) is 16.4 Å². The van der Waals surface area contributed by atoms with Crippen LogP contribution in [0, 0.1) is 5.92 Å². The Morgan fingerprint density at radius 2 is 1.77 bits per heavy atom. The van der Waals surface area contributed by atoms with Crippen molar-refractivity contribution in [2.75, 3.05) is 13.1 Å². The Morgan fingerprint density at radius 1 is 1.12 bits per heavy atom. The molecule has 0 bridgehead atoms. The van der Waals surface area contributed by atoms with Crippen LogP contribution in [0.25, 0.3) is 0 Å². The van der Waals surface area contributed by atoms with Crippen molar-refractivity contribution in [3.63, 3.8) is 0 Å². The molecule has 1 saturated heterocycles.